The zero-order valence-electron chi connectivity index (χ0n) is 14.3. The van der Waals surface area contributed by atoms with Crippen LogP contribution in [0.3, 0.4) is 0 Å². The fraction of sp³-hybridized carbons (Fsp3) is 0.263. The molecule has 0 aliphatic carbocycles. The molecule has 2 aromatic carbocycles. The van der Waals surface area contributed by atoms with Gasteiger partial charge in [-0.3, -0.25) is 9.59 Å². The van der Waals surface area contributed by atoms with Crippen LogP contribution in [0.5, 0.6) is 11.5 Å². The molecule has 1 aliphatic heterocycles. The number of fused-ring (bicyclic) bond motifs is 1. The first-order valence-electron chi connectivity index (χ1n) is 8.14. The van der Waals surface area contributed by atoms with Gasteiger partial charge in [0.15, 0.2) is 11.5 Å². The molecule has 7 heteroatoms. The summed E-state index contributed by atoms with van der Waals surface area (Å²) in [6.45, 7) is 0.0592. The highest BCUT2D eigenvalue weighted by atomic mass is 19.1. The number of hydrogen-bond donors (Lipinski definition) is 1. The van der Waals surface area contributed by atoms with Crippen molar-refractivity contribution < 1.29 is 23.5 Å². The summed E-state index contributed by atoms with van der Waals surface area (Å²) in [4.78, 5) is 25.9. The molecule has 136 valence electrons. The molecule has 26 heavy (non-hydrogen) atoms. The summed E-state index contributed by atoms with van der Waals surface area (Å²) in [5.41, 5.74) is 6.51. The van der Waals surface area contributed by atoms with E-state index in [0.29, 0.717) is 23.5 Å². The summed E-state index contributed by atoms with van der Waals surface area (Å²) < 4.78 is 23.8. The van der Waals surface area contributed by atoms with Crippen LogP contribution in [0.2, 0.25) is 0 Å². The number of nitrogens with zero attached hydrogens (tertiary/aromatic N) is 1. The second-order valence-corrected chi connectivity index (χ2v) is 6.11. The van der Waals surface area contributed by atoms with E-state index in [-0.39, 0.29) is 24.9 Å². The Kier molecular flexibility index (Phi) is 5.06. The largest absolute Gasteiger partial charge is 0.454 e. The monoisotopic (exact) mass is 358 g/mol. The zero-order chi connectivity index (χ0) is 18.7. The Morgan fingerprint density at radius 2 is 1.92 bits per heavy atom. The third kappa shape index (κ3) is 3.77. The third-order valence-corrected chi connectivity index (χ3v) is 4.32. The molecule has 1 atom stereocenters. The molecule has 2 amide bonds. The van der Waals surface area contributed by atoms with Crippen LogP contribution in [0, 0.1) is 5.82 Å². The number of benzene rings is 2. The molecule has 0 bridgehead atoms. The van der Waals surface area contributed by atoms with Crippen molar-refractivity contribution in [2.24, 2.45) is 5.73 Å². The van der Waals surface area contributed by atoms with E-state index in [1.54, 1.807) is 37.4 Å². The summed E-state index contributed by atoms with van der Waals surface area (Å²) in [5.74, 6) is -0.268. The van der Waals surface area contributed by atoms with Crippen molar-refractivity contribution in [2.75, 3.05) is 13.8 Å². The van der Waals surface area contributed by atoms with E-state index < -0.39 is 11.9 Å². The highest BCUT2D eigenvalue weighted by molar-refractivity contribution is 5.98. The topological polar surface area (TPSA) is 81.9 Å². The molecule has 0 fully saturated rings. The minimum absolute atomic E-state index is 0.00794. The van der Waals surface area contributed by atoms with Crippen LogP contribution >= 0.6 is 0 Å². The first-order chi connectivity index (χ1) is 12.5. The van der Waals surface area contributed by atoms with E-state index in [4.69, 9.17) is 15.2 Å². The second-order valence-electron chi connectivity index (χ2n) is 6.11. The summed E-state index contributed by atoms with van der Waals surface area (Å²) in [6, 6.07) is 10.5. The van der Waals surface area contributed by atoms with Gasteiger partial charge in [0.2, 0.25) is 12.7 Å². The van der Waals surface area contributed by atoms with E-state index in [1.807, 2.05) is 0 Å². The van der Waals surface area contributed by atoms with Crippen LogP contribution < -0.4 is 15.2 Å². The highest BCUT2D eigenvalue weighted by Crippen LogP contribution is 2.36. The van der Waals surface area contributed by atoms with Gasteiger partial charge in [-0.15, -0.1) is 0 Å². The first kappa shape index (κ1) is 17.7. The number of rotatable bonds is 6. The quantitative estimate of drug-likeness (QED) is 0.857. The Labute approximate surface area is 150 Å². The van der Waals surface area contributed by atoms with Crippen LogP contribution in [0.4, 0.5) is 4.39 Å². The van der Waals surface area contributed by atoms with Crippen LogP contribution in [0.1, 0.15) is 22.3 Å². The minimum Gasteiger partial charge on any atom is -0.454 e. The predicted octanol–water partition coefficient (Wildman–Crippen LogP) is 2.11. The van der Waals surface area contributed by atoms with Crippen LogP contribution in [-0.4, -0.2) is 36.6 Å². The SMILES string of the molecule is CN(C(=O)c1cccc2c1OCO2)[C@H](CC(N)=O)Cc1ccc(F)cc1. The van der Waals surface area contributed by atoms with Crippen molar-refractivity contribution in [1.82, 2.24) is 4.90 Å². The number of para-hydroxylation sites is 1. The summed E-state index contributed by atoms with van der Waals surface area (Å²) in [6.07, 6.45) is 0.365. The molecule has 0 unspecified atom stereocenters. The molecule has 0 radical (unpaired) electrons. The standard InChI is InChI=1S/C19H19FN2O4/c1-22(19(24)15-3-2-4-16-18(15)26-11-25-16)14(10-17(21)23)9-12-5-7-13(20)8-6-12/h2-8,14H,9-11H2,1H3,(H2,21,23)/t14-/m0/s1. The van der Waals surface area contributed by atoms with Crippen LogP contribution in [0.15, 0.2) is 42.5 Å². The number of carbonyl (C=O) groups is 2. The van der Waals surface area contributed by atoms with Gasteiger partial charge in [-0.05, 0) is 36.2 Å². The maximum Gasteiger partial charge on any atom is 0.257 e. The number of nitrogens with two attached hydrogens (primary N) is 1. The molecule has 2 N–H and O–H groups in total. The molecule has 0 saturated heterocycles. The van der Waals surface area contributed by atoms with Gasteiger partial charge >= 0.3 is 0 Å². The summed E-state index contributed by atoms with van der Waals surface area (Å²) in [5, 5.41) is 0. The van der Waals surface area contributed by atoms with Gasteiger partial charge < -0.3 is 20.1 Å². The van der Waals surface area contributed by atoms with E-state index in [2.05, 4.69) is 0 Å². The molecule has 0 aromatic heterocycles. The average molecular weight is 358 g/mol. The Bertz CT molecular complexity index is 823. The van der Waals surface area contributed by atoms with E-state index in [0.717, 1.165) is 5.56 Å². The molecule has 0 spiro atoms. The van der Waals surface area contributed by atoms with Gasteiger partial charge in [0, 0.05) is 19.5 Å². The number of hydrogen-bond acceptors (Lipinski definition) is 4. The van der Waals surface area contributed by atoms with Crippen LogP contribution in [0.25, 0.3) is 0 Å². The smallest absolute Gasteiger partial charge is 0.257 e. The second kappa shape index (κ2) is 7.43. The fourth-order valence-corrected chi connectivity index (χ4v) is 2.93. The lowest BCUT2D eigenvalue weighted by atomic mass is 10.0. The summed E-state index contributed by atoms with van der Waals surface area (Å²) in [7, 11) is 1.61. The highest BCUT2D eigenvalue weighted by Gasteiger charge is 2.28. The molecular formula is C19H19FN2O4. The normalized spacial score (nSPS) is 13.3. The van der Waals surface area contributed by atoms with Gasteiger partial charge in [0.05, 0.1) is 5.56 Å². The van der Waals surface area contributed by atoms with Crippen LogP contribution in [-0.2, 0) is 11.2 Å². The fourth-order valence-electron chi connectivity index (χ4n) is 2.93. The lowest BCUT2D eigenvalue weighted by Crippen LogP contribution is -2.41. The molecule has 6 nitrogen and oxygen atoms in total. The summed E-state index contributed by atoms with van der Waals surface area (Å²) >= 11 is 0. The lowest BCUT2D eigenvalue weighted by Gasteiger charge is -2.28. The molecule has 0 saturated carbocycles. The number of primary amides is 1. The maximum absolute atomic E-state index is 13.1. The van der Waals surface area contributed by atoms with Crippen molar-refractivity contribution >= 4 is 11.8 Å². The Hall–Kier alpha value is -3.09. The molecule has 1 aliphatic rings. The van der Waals surface area contributed by atoms with Crippen molar-refractivity contribution in [2.45, 2.75) is 18.9 Å². The van der Waals surface area contributed by atoms with Gasteiger partial charge in [0.25, 0.3) is 5.91 Å². The third-order valence-electron chi connectivity index (χ3n) is 4.32. The maximum atomic E-state index is 13.1. The van der Waals surface area contributed by atoms with Crippen molar-refractivity contribution in [1.29, 1.82) is 0 Å². The van der Waals surface area contributed by atoms with E-state index >= 15 is 0 Å². The Morgan fingerprint density at radius 1 is 1.19 bits per heavy atom. The number of ether oxygens (including phenoxy) is 2. The molecule has 1 heterocycles. The van der Waals surface area contributed by atoms with Crippen molar-refractivity contribution in [3.63, 3.8) is 0 Å². The van der Waals surface area contributed by atoms with E-state index in [1.165, 1.54) is 17.0 Å². The number of amides is 2. The number of halogens is 1. The zero-order valence-corrected chi connectivity index (χ0v) is 14.3. The Morgan fingerprint density at radius 3 is 2.62 bits per heavy atom. The molecule has 2 aromatic rings. The average Bonchev–Trinajstić information content (AvgIpc) is 3.10. The predicted molar refractivity (Wildman–Crippen MR) is 92.4 cm³/mol. The minimum atomic E-state index is -0.519. The van der Waals surface area contributed by atoms with Crippen molar-refractivity contribution in [3.05, 3.63) is 59.4 Å². The molecule has 3 rings (SSSR count). The van der Waals surface area contributed by atoms with Gasteiger partial charge in [-0.25, -0.2) is 4.39 Å². The lowest BCUT2D eigenvalue weighted by molar-refractivity contribution is -0.118. The van der Waals surface area contributed by atoms with E-state index in [9.17, 15) is 14.0 Å². The van der Waals surface area contributed by atoms with Gasteiger partial charge in [0.1, 0.15) is 5.82 Å². The van der Waals surface area contributed by atoms with Crippen molar-refractivity contribution in [3.8, 4) is 11.5 Å². The Balaban J connectivity index is 1.84. The first-order valence-corrected chi connectivity index (χ1v) is 8.14. The molecular weight excluding hydrogens is 339 g/mol. The van der Waals surface area contributed by atoms with Gasteiger partial charge in [-0.1, -0.05) is 18.2 Å². The van der Waals surface area contributed by atoms with Gasteiger partial charge in [-0.2, -0.15) is 0 Å². The number of likely N-dealkylation sites (N-methyl/N-ethyl adjacent to an activating group) is 1. The number of carbonyl (C=O) groups excluding carboxylic acids is 2.